The predicted octanol–water partition coefficient (Wildman–Crippen LogP) is 0.130. The highest BCUT2D eigenvalue weighted by atomic mass is 16.7. The van der Waals surface area contributed by atoms with Gasteiger partial charge < -0.3 is 19.7 Å². The van der Waals surface area contributed by atoms with E-state index in [0.717, 1.165) is 0 Å². The molecule has 0 aromatic rings. The lowest BCUT2D eigenvalue weighted by Crippen LogP contribution is -2.49. The van der Waals surface area contributed by atoms with Crippen molar-refractivity contribution in [1.82, 2.24) is 0 Å². The van der Waals surface area contributed by atoms with Crippen molar-refractivity contribution in [2.24, 2.45) is 11.3 Å². The van der Waals surface area contributed by atoms with Crippen LogP contribution in [-0.4, -0.2) is 42.9 Å². The molecule has 0 atom stereocenters. The third-order valence-electron chi connectivity index (χ3n) is 3.31. The molecule has 0 aromatic heterocycles. The highest BCUT2D eigenvalue weighted by Gasteiger charge is 2.40. The Bertz CT molecular complexity index is 177. The largest absolute Gasteiger partial charge is 0.396 e. The lowest BCUT2D eigenvalue weighted by atomic mass is 9.83. The van der Waals surface area contributed by atoms with Crippen molar-refractivity contribution in [3.05, 3.63) is 0 Å². The number of hydrogen-bond donors (Lipinski definition) is 2. The predicted molar refractivity (Wildman–Crippen MR) is 49.6 cm³/mol. The molecule has 1 saturated heterocycles. The van der Waals surface area contributed by atoms with Gasteiger partial charge in [0.1, 0.15) is 0 Å². The van der Waals surface area contributed by atoms with E-state index in [-0.39, 0.29) is 19.5 Å². The Labute approximate surface area is 83.8 Å². The first-order valence-electron chi connectivity index (χ1n) is 5.25. The van der Waals surface area contributed by atoms with Crippen LogP contribution in [0, 0.1) is 11.3 Å². The molecular weight excluding hydrogens is 184 g/mol. The van der Waals surface area contributed by atoms with Crippen molar-refractivity contribution >= 4 is 0 Å². The lowest BCUT2D eigenvalue weighted by Gasteiger charge is -2.42. The van der Waals surface area contributed by atoms with Gasteiger partial charge in [-0.1, -0.05) is 6.42 Å². The first-order valence-corrected chi connectivity index (χ1v) is 5.25. The van der Waals surface area contributed by atoms with Gasteiger partial charge >= 0.3 is 0 Å². The van der Waals surface area contributed by atoms with Gasteiger partial charge in [-0.15, -0.1) is 0 Å². The molecule has 1 heterocycles. The molecule has 0 aromatic carbocycles. The smallest absolute Gasteiger partial charge is 0.160 e. The number of aliphatic hydroxyl groups is 2. The van der Waals surface area contributed by atoms with Crippen LogP contribution in [0.15, 0.2) is 0 Å². The Morgan fingerprint density at radius 2 is 1.64 bits per heavy atom. The highest BCUT2D eigenvalue weighted by Crippen LogP contribution is 2.35. The molecule has 4 heteroatoms. The zero-order valence-corrected chi connectivity index (χ0v) is 8.32. The Kier molecular flexibility index (Phi) is 3.07. The van der Waals surface area contributed by atoms with E-state index in [2.05, 4.69) is 0 Å². The molecule has 2 fully saturated rings. The summed E-state index contributed by atoms with van der Waals surface area (Å²) in [5.41, 5.74) is -0.583. The Balaban J connectivity index is 1.84. The monoisotopic (exact) mass is 202 g/mol. The van der Waals surface area contributed by atoms with Crippen LogP contribution in [0.1, 0.15) is 19.3 Å². The van der Waals surface area contributed by atoms with E-state index in [1.54, 1.807) is 0 Å². The summed E-state index contributed by atoms with van der Waals surface area (Å²) in [6.07, 6.45) is 3.51. The molecule has 4 nitrogen and oxygen atoms in total. The van der Waals surface area contributed by atoms with Gasteiger partial charge in [-0.3, -0.25) is 0 Å². The van der Waals surface area contributed by atoms with Gasteiger partial charge in [0.25, 0.3) is 0 Å². The minimum atomic E-state index is -0.583. The molecule has 1 saturated carbocycles. The number of ether oxygens (including phenoxy) is 2. The third kappa shape index (κ3) is 1.80. The molecule has 0 unspecified atom stereocenters. The van der Waals surface area contributed by atoms with Crippen molar-refractivity contribution in [1.29, 1.82) is 0 Å². The van der Waals surface area contributed by atoms with Crippen LogP contribution >= 0.6 is 0 Å². The van der Waals surface area contributed by atoms with E-state index in [1.165, 1.54) is 19.3 Å². The van der Waals surface area contributed by atoms with Gasteiger partial charge in [0.15, 0.2) is 6.29 Å². The molecular formula is C10H18O4. The topological polar surface area (TPSA) is 58.9 Å². The molecule has 14 heavy (non-hydrogen) atoms. The summed E-state index contributed by atoms with van der Waals surface area (Å²) >= 11 is 0. The van der Waals surface area contributed by atoms with Gasteiger partial charge in [-0.05, 0) is 12.8 Å². The Hall–Kier alpha value is -0.160. The van der Waals surface area contributed by atoms with Crippen LogP contribution in [0.2, 0.25) is 0 Å². The minimum Gasteiger partial charge on any atom is -0.396 e. The van der Waals surface area contributed by atoms with E-state index >= 15 is 0 Å². The van der Waals surface area contributed by atoms with Crippen molar-refractivity contribution in [3.8, 4) is 0 Å². The zero-order chi connectivity index (χ0) is 10.0. The fourth-order valence-electron chi connectivity index (χ4n) is 1.82. The average molecular weight is 202 g/mol. The lowest BCUT2D eigenvalue weighted by molar-refractivity contribution is -0.269. The van der Waals surface area contributed by atoms with Crippen molar-refractivity contribution in [3.63, 3.8) is 0 Å². The standard InChI is InChI=1S/C10H18O4/c11-4-10(5-12)6-13-9(14-7-10)8-2-1-3-8/h8-9,11-12H,1-7H2. The molecule has 0 spiro atoms. The molecule has 1 aliphatic carbocycles. The maximum Gasteiger partial charge on any atom is 0.160 e. The summed E-state index contributed by atoms with van der Waals surface area (Å²) in [4.78, 5) is 0. The summed E-state index contributed by atoms with van der Waals surface area (Å²) in [5, 5.41) is 18.2. The van der Waals surface area contributed by atoms with Crippen molar-refractivity contribution < 1.29 is 19.7 Å². The van der Waals surface area contributed by atoms with E-state index in [4.69, 9.17) is 19.7 Å². The Morgan fingerprint density at radius 1 is 1.07 bits per heavy atom. The van der Waals surface area contributed by atoms with E-state index in [1.807, 2.05) is 0 Å². The van der Waals surface area contributed by atoms with Crippen LogP contribution in [0.25, 0.3) is 0 Å². The molecule has 0 bridgehead atoms. The minimum absolute atomic E-state index is 0.0825. The molecule has 0 amide bonds. The fraction of sp³-hybridized carbons (Fsp3) is 1.00. The quantitative estimate of drug-likeness (QED) is 0.683. The second-order valence-electron chi connectivity index (χ2n) is 4.50. The van der Waals surface area contributed by atoms with Crippen LogP contribution in [-0.2, 0) is 9.47 Å². The number of hydrogen-bond acceptors (Lipinski definition) is 4. The van der Waals surface area contributed by atoms with Crippen LogP contribution in [0.4, 0.5) is 0 Å². The SMILES string of the molecule is OCC1(CO)COC(C2CCC2)OC1. The van der Waals surface area contributed by atoms with Crippen LogP contribution in [0.3, 0.4) is 0 Å². The van der Waals surface area contributed by atoms with Gasteiger partial charge in [0.05, 0.1) is 31.8 Å². The Morgan fingerprint density at radius 3 is 2.00 bits per heavy atom. The number of rotatable bonds is 3. The normalized spacial score (nSPS) is 28.7. The summed E-state index contributed by atoms with van der Waals surface area (Å²) in [5.74, 6) is 0.533. The van der Waals surface area contributed by atoms with Gasteiger partial charge in [-0.2, -0.15) is 0 Å². The van der Waals surface area contributed by atoms with Crippen molar-refractivity contribution in [2.45, 2.75) is 25.6 Å². The molecule has 82 valence electrons. The second kappa shape index (κ2) is 4.14. The zero-order valence-electron chi connectivity index (χ0n) is 8.32. The second-order valence-corrected chi connectivity index (χ2v) is 4.50. The third-order valence-corrected chi connectivity index (χ3v) is 3.31. The molecule has 0 radical (unpaired) electrons. The maximum absolute atomic E-state index is 9.12. The van der Waals surface area contributed by atoms with E-state index in [0.29, 0.717) is 19.1 Å². The summed E-state index contributed by atoms with van der Waals surface area (Å²) in [6.45, 7) is 0.643. The summed E-state index contributed by atoms with van der Waals surface area (Å²) in [7, 11) is 0. The van der Waals surface area contributed by atoms with Crippen LogP contribution < -0.4 is 0 Å². The first kappa shape index (κ1) is 10.4. The average Bonchev–Trinajstić information content (AvgIpc) is 2.17. The van der Waals surface area contributed by atoms with Gasteiger partial charge in [0.2, 0.25) is 0 Å². The maximum atomic E-state index is 9.12. The van der Waals surface area contributed by atoms with Crippen LogP contribution in [0.5, 0.6) is 0 Å². The summed E-state index contributed by atoms with van der Waals surface area (Å²) in [6, 6.07) is 0. The molecule has 2 rings (SSSR count). The molecule has 2 N–H and O–H groups in total. The molecule has 1 aliphatic heterocycles. The summed E-state index contributed by atoms with van der Waals surface area (Å²) < 4.78 is 11.1. The van der Waals surface area contributed by atoms with Gasteiger partial charge in [0, 0.05) is 5.92 Å². The molecule has 2 aliphatic rings. The highest BCUT2D eigenvalue weighted by molar-refractivity contribution is 4.83. The first-order chi connectivity index (χ1) is 6.79. The number of aliphatic hydroxyl groups excluding tert-OH is 2. The van der Waals surface area contributed by atoms with E-state index in [9.17, 15) is 0 Å². The van der Waals surface area contributed by atoms with E-state index < -0.39 is 5.41 Å². The van der Waals surface area contributed by atoms with Gasteiger partial charge in [-0.25, -0.2) is 0 Å². The van der Waals surface area contributed by atoms with Crippen molar-refractivity contribution in [2.75, 3.05) is 26.4 Å². The fourth-order valence-corrected chi connectivity index (χ4v) is 1.82.